The minimum atomic E-state index is -0.127. The number of benzene rings is 2. The van der Waals surface area contributed by atoms with E-state index in [9.17, 15) is 9.59 Å². The number of ketones is 1. The van der Waals surface area contributed by atoms with Gasteiger partial charge in [0.1, 0.15) is 5.75 Å². The summed E-state index contributed by atoms with van der Waals surface area (Å²) in [6, 6.07) is 16.2. The monoisotopic (exact) mass is 374 g/mol. The number of halogens is 1. The van der Waals surface area contributed by atoms with Gasteiger partial charge in [-0.2, -0.15) is 0 Å². The third-order valence-corrected chi connectivity index (χ3v) is 4.18. The predicted octanol–water partition coefficient (Wildman–Crippen LogP) is 2.59. The van der Waals surface area contributed by atoms with Crippen LogP contribution in [0, 0.1) is 0 Å². The van der Waals surface area contributed by atoms with Crippen molar-refractivity contribution in [3.05, 3.63) is 65.7 Å². The number of hydrogen-bond acceptors (Lipinski definition) is 4. The second-order valence-corrected chi connectivity index (χ2v) is 6.12. The lowest BCUT2D eigenvalue weighted by Crippen LogP contribution is -2.46. The summed E-state index contributed by atoms with van der Waals surface area (Å²) in [5.41, 5.74) is 1.24. The van der Waals surface area contributed by atoms with Crippen LogP contribution in [0.2, 0.25) is 0 Å². The number of nitrogens with one attached hydrogen (secondary N) is 2. The van der Waals surface area contributed by atoms with E-state index >= 15 is 0 Å². The van der Waals surface area contributed by atoms with E-state index in [4.69, 9.17) is 4.74 Å². The molecule has 6 heteroatoms. The Kier molecular flexibility index (Phi) is 7.63. The molecule has 1 atom stereocenters. The molecule has 26 heavy (non-hydrogen) atoms. The summed E-state index contributed by atoms with van der Waals surface area (Å²) in [5.74, 6) is 0.411. The summed E-state index contributed by atoms with van der Waals surface area (Å²) < 4.78 is 5.51. The van der Waals surface area contributed by atoms with Crippen LogP contribution in [0.3, 0.4) is 0 Å². The maximum atomic E-state index is 12.3. The summed E-state index contributed by atoms with van der Waals surface area (Å²) >= 11 is 0. The van der Waals surface area contributed by atoms with E-state index in [1.165, 1.54) is 0 Å². The Balaban J connectivity index is 0.00000243. The maximum Gasteiger partial charge on any atom is 0.258 e. The number of carbonyl (C=O) groups excluding carboxylic acids is 2. The van der Waals surface area contributed by atoms with Gasteiger partial charge in [0.2, 0.25) is 0 Å². The molecule has 2 N–H and O–H groups in total. The Morgan fingerprint density at radius 3 is 2.38 bits per heavy atom. The van der Waals surface area contributed by atoms with E-state index in [-0.39, 0.29) is 36.7 Å². The molecule has 3 rings (SSSR count). The molecule has 0 unspecified atom stereocenters. The molecule has 0 saturated carbocycles. The average Bonchev–Trinajstić information content (AvgIpc) is 2.68. The Morgan fingerprint density at radius 2 is 1.73 bits per heavy atom. The smallest absolute Gasteiger partial charge is 0.258 e. The van der Waals surface area contributed by atoms with Crippen LogP contribution in [0.1, 0.15) is 28.8 Å². The molecule has 0 aliphatic carbocycles. The number of ether oxygens (including phenoxy) is 1. The van der Waals surface area contributed by atoms with Gasteiger partial charge in [-0.25, -0.2) is 0 Å². The fourth-order valence-corrected chi connectivity index (χ4v) is 2.85. The fourth-order valence-electron chi connectivity index (χ4n) is 2.85. The van der Waals surface area contributed by atoms with Crippen LogP contribution in [-0.4, -0.2) is 37.4 Å². The molecular weight excluding hydrogens is 352 g/mol. The third kappa shape index (κ3) is 5.58. The van der Waals surface area contributed by atoms with Crippen LogP contribution >= 0.6 is 12.4 Å². The fraction of sp³-hybridized carbons (Fsp3) is 0.300. The van der Waals surface area contributed by atoms with Crippen molar-refractivity contribution in [1.82, 2.24) is 10.6 Å². The van der Waals surface area contributed by atoms with Crippen LogP contribution < -0.4 is 15.4 Å². The highest BCUT2D eigenvalue weighted by atomic mass is 35.5. The van der Waals surface area contributed by atoms with Gasteiger partial charge < -0.3 is 15.4 Å². The third-order valence-electron chi connectivity index (χ3n) is 4.18. The molecule has 1 saturated heterocycles. The number of rotatable bonds is 6. The van der Waals surface area contributed by atoms with Crippen LogP contribution in [0.25, 0.3) is 0 Å². The molecule has 5 nitrogen and oxygen atoms in total. The molecule has 1 aliphatic heterocycles. The highest BCUT2D eigenvalue weighted by Crippen LogP contribution is 2.15. The van der Waals surface area contributed by atoms with E-state index in [0.717, 1.165) is 25.9 Å². The molecule has 1 fully saturated rings. The lowest BCUT2D eigenvalue weighted by Gasteiger charge is -2.23. The first kappa shape index (κ1) is 19.9. The van der Waals surface area contributed by atoms with Gasteiger partial charge >= 0.3 is 0 Å². The standard InChI is InChI=1S/C20H22N2O3.ClH/c23-19(22-17-7-4-12-21-13-17)14-25-18-10-8-16(9-11-18)20(24)15-5-2-1-3-6-15;/h1-3,5-6,8-11,17,21H,4,7,12-14H2,(H,22,23);1H/t17-;/m0./s1. The van der Waals surface area contributed by atoms with Crippen molar-refractivity contribution in [2.75, 3.05) is 19.7 Å². The molecule has 2 aromatic carbocycles. The van der Waals surface area contributed by atoms with E-state index in [1.54, 1.807) is 36.4 Å². The second-order valence-electron chi connectivity index (χ2n) is 6.12. The van der Waals surface area contributed by atoms with Crippen LogP contribution in [-0.2, 0) is 4.79 Å². The van der Waals surface area contributed by atoms with Crippen LogP contribution in [0.5, 0.6) is 5.75 Å². The molecule has 0 aromatic heterocycles. The van der Waals surface area contributed by atoms with Gasteiger partial charge in [0.25, 0.3) is 5.91 Å². The molecule has 1 heterocycles. The summed E-state index contributed by atoms with van der Waals surface area (Å²) in [4.78, 5) is 24.3. The van der Waals surface area contributed by atoms with Gasteiger partial charge in [-0.1, -0.05) is 30.3 Å². The van der Waals surface area contributed by atoms with Crippen molar-refractivity contribution in [2.45, 2.75) is 18.9 Å². The lowest BCUT2D eigenvalue weighted by molar-refractivity contribution is -0.123. The summed E-state index contributed by atoms with van der Waals surface area (Å²) in [6.45, 7) is 1.79. The van der Waals surface area contributed by atoms with Crippen LogP contribution in [0.15, 0.2) is 54.6 Å². The number of carbonyl (C=O) groups is 2. The van der Waals surface area contributed by atoms with Crippen molar-refractivity contribution in [3.8, 4) is 5.75 Å². The van der Waals surface area contributed by atoms with Gasteiger partial charge in [0.15, 0.2) is 12.4 Å². The Bertz CT molecular complexity index is 714. The summed E-state index contributed by atoms with van der Waals surface area (Å²) in [5, 5.41) is 6.22. The van der Waals surface area contributed by atoms with E-state index in [0.29, 0.717) is 16.9 Å². The molecule has 0 bridgehead atoms. The Labute approximate surface area is 159 Å². The highest BCUT2D eigenvalue weighted by Gasteiger charge is 2.15. The number of hydrogen-bond donors (Lipinski definition) is 2. The predicted molar refractivity (Wildman–Crippen MR) is 103 cm³/mol. The molecule has 2 aromatic rings. The van der Waals surface area contributed by atoms with Gasteiger partial charge in [0, 0.05) is 23.7 Å². The van der Waals surface area contributed by atoms with E-state index in [2.05, 4.69) is 10.6 Å². The molecule has 1 amide bonds. The first-order valence-corrected chi connectivity index (χ1v) is 8.55. The van der Waals surface area contributed by atoms with Crippen molar-refractivity contribution < 1.29 is 14.3 Å². The van der Waals surface area contributed by atoms with Crippen LogP contribution in [0.4, 0.5) is 0 Å². The first-order chi connectivity index (χ1) is 12.2. The van der Waals surface area contributed by atoms with Gasteiger partial charge in [-0.3, -0.25) is 9.59 Å². The van der Waals surface area contributed by atoms with Gasteiger partial charge in [-0.15, -0.1) is 12.4 Å². The molecule has 1 aliphatic rings. The largest absolute Gasteiger partial charge is 0.484 e. The van der Waals surface area contributed by atoms with E-state index in [1.807, 2.05) is 18.2 Å². The summed E-state index contributed by atoms with van der Waals surface area (Å²) in [7, 11) is 0. The lowest BCUT2D eigenvalue weighted by atomic mass is 10.0. The molecular formula is C20H23ClN2O3. The van der Waals surface area contributed by atoms with E-state index < -0.39 is 0 Å². The van der Waals surface area contributed by atoms with Gasteiger partial charge in [-0.05, 0) is 43.7 Å². The minimum absolute atomic E-state index is 0. The summed E-state index contributed by atoms with van der Waals surface area (Å²) in [6.07, 6.45) is 2.07. The highest BCUT2D eigenvalue weighted by molar-refractivity contribution is 6.08. The SMILES string of the molecule is Cl.O=C(COc1ccc(C(=O)c2ccccc2)cc1)N[C@H]1CCCNC1. The van der Waals surface area contributed by atoms with Crippen molar-refractivity contribution in [3.63, 3.8) is 0 Å². The Hall–Kier alpha value is -2.37. The second kappa shape index (κ2) is 9.94. The zero-order valence-electron chi connectivity index (χ0n) is 14.4. The van der Waals surface area contributed by atoms with Crippen molar-refractivity contribution in [2.24, 2.45) is 0 Å². The maximum absolute atomic E-state index is 12.3. The molecule has 0 spiro atoms. The first-order valence-electron chi connectivity index (χ1n) is 8.55. The zero-order chi connectivity index (χ0) is 17.5. The van der Waals surface area contributed by atoms with Crippen molar-refractivity contribution >= 4 is 24.1 Å². The molecule has 138 valence electrons. The quantitative estimate of drug-likeness (QED) is 0.763. The molecule has 0 radical (unpaired) electrons. The van der Waals surface area contributed by atoms with Gasteiger partial charge in [0.05, 0.1) is 0 Å². The zero-order valence-corrected chi connectivity index (χ0v) is 15.3. The number of piperidine rings is 1. The normalized spacial score (nSPS) is 16.2. The Morgan fingerprint density at radius 1 is 1.04 bits per heavy atom. The minimum Gasteiger partial charge on any atom is -0.484 e. The van der Waals surface area contributed by atoms with Crippen molar-refractivity contribution in [1.29, 1.82) is 0 Å². The number of amides is 1. The topological polar surface area (TPSA) is 67.4 Å². The average molecular weight is 375 g/mol.